The Kier molecular flexibility index (Phi) is 8.85. The van der Waals surface area contributed by atoms with Gasteiger partial charge in [-0.2, -0.15) is 16.8 Å². The highest BCUT2D eigenvalue weighted by atomic mass is 32.3. The zero-order chi connectivity index (χ0) is 30.4. The summed E-state index contributed by atoms with van der Waals surface area (Å²) in [6.07, 6.45) is 11.2. The molecule has 1 aromatic carbocycles. The van der Waals surface area contributed by atoms with Crippen molar-refractivity contribution >= 4 is 20.8 Å². The smallest absolute Gasteiger partial charge is 0.362 e. The van der Waals surface area contributed by atoms with Crippen LogP contribution in [0.2, 0.25) is 0 Å². The van der Waals surface area contributed by atoms with Crippen LogP contribution in [0.25, 0.3) is 0 Å². The van der Waals surface area contributed by atoms with Crippen LogP contribution in [0.1, 0.15) is 97.5 Å². The Morgan fingerprint density at radius 3 is 2.17 bits per heavy atom. The van der Waals surface area contributed by atoms with Crippen molar-refractivity contribution in [3.63, 3.8) is 0 Å². The zero-order valence-corrected chi connectivity index (χ0v) is 26.4. The van der Waals surface area contributed by atoms with Crippen LogP contribution < -0.4 is 8.37 Å². The highest BCUT2D eigenvalue weighted by Gasteiger charge is 2.54. The van der Waals surface area contributed by atoms with Crippen molar-refractivity contribution < 1.29 is 34.3 Å². The molecule has 4 rings (SSSR count). The molecule has 3 aliphatic rings. The Bertz CT molecular complexity index is 1400. The van der Waals surface area contributed by atoms with E-state index in [2.05, 4.69) is 45.0 Å². The van der Waals surface area contributed by atoms with Crippen molar-refractivity contribution in [3.8, 4) is 11.5 Å². The molecule has 41 heavy (non-hydrogen) atoms. The molecule has 0 aliphatic heterocycles. The first-order valence-electron chi connectivity index (χ1n) is 14.7. The molecule has 230 valence electrons. The van der Waals surface area contributed by atoms with Gasteiger partial charge in [-0.15, -0.1) is 0 Å². The van der Waals surface area contributed by atoms with Gasteiger partial charge in [-0.1, -0.05) is 58.4 Å². The zero-order valence-electron chi connectivity index (χ0n) is 24.8. The molecule has 0 bridgehead atoms. The van der Waals surface area contributed by atoms with Gasteiger partial charge in [0, 0.05) is 5.56 Å². The minimum Gasteiger partial charge on any atom is -0.362 e. The van der Waals surface area contributed by atoms with Crippen LogP contribution in [0.3, 0.4) is 0 Å². The lowest BCUT2D eigenvalue weighted by Crippen LogP contribution is -2.51. The van der Waals surface area contributed by atoms with Gasteiger partial charge in [0.2, 0.25) is 0 Å². The average Bonchev–Trinajstić information content (AvgIpc) is 2.80. The van der Waals surface area contributed by atoms with Gasteiger partial charge >= 0.3 is 20.8 Å². The number of benzene rings is 1. The third kappa shape index (κ3) is 7.20. The normalized spacial score (nSPS) is 32.3. The van der Waals surface area contributed by atoms with Crippen LogP contribution in [-0.4, -0.2) is 25.9 Å². The molecule has 0 heterocycles. The van der Waals surface area contributed by atoms with Crippen molar-refractivity contribution in [3.05, 3.63) is 48.1 Å². The molecule has 0 amide bonds. The fraction of sp³-hybridized carbons (Fsp3) is 0.677. The lowest BCUT2D eigenvalue weighted by molar-refractivity contribution is -0.0689. The summed E-state index contributed by atoms with van der Waals surface area (Å²) in [7, 11) is -9.62. The quantitative estimate of drug-likeness (QED) is 0.217. The first-order valence-corrected chi connectivity index (χ1v) is 17.4. The predicted molar refractivity (Wildman–Crippen MR) is 159 cm³/mol. The van der Waals surface area contributed by atoms with Gasteiger partial charge in [0.15, 0.2) is 0 Å². The van der Waals surface area contributed by atoms with Crippen molar-refractivity contribution in [2.45, 2.75) is 98.3 Å². The van der Waals surface area contributed by atoms with Crippen molar-refractivity contribution in [1.29, 1.82) is 0 Å². The average molecular weight is 611 g/mol. The lowest BCUT2D eigenvalue weighted by atomic mass is 9.45. The first-order chi connectivity index (χ1) is 18.8. The van der Waals surface area contributed by atoms with Crippen molar-refractivity contribution in [2.75, 3.05) is 0 Å². The topological polar surface area (TPSA) is 127 Å². The maximum absolute atomic E-state index is 11.6. The summed E-state index contributed by atoms with van der Waals surface area (Å²) in [5, 5.41) is 0. The van der Waals surface area contributed by atoms with E-state index in [-0.39, 0.29) is 33.7 Å². The van der Waals surface area contributed by atoms with Crippen molar-refractivity contribution in [1.82, 2.24) is 0 Å². The van der Waals surface area contributed by atoms with Crippen molar-refractivity contribution in [2.24, 2.45) is 34.0 Å². The molecule has 5 atom stereocenters. The second-order valence-corrected chi connectivity index (χ2v) is 15.9. The Hall–Kier alpha value is -1.88. The molecular formula is C31H46O8S2. The summed E-state index contributed by atoms with van der Waals surface area (Å²) in [6.45, 7) is 18.4. The molecule has 8 nitrogen and oxygen atoms in total. The first kappa shape index (κ1) is 32.0. The van der Waals surface area contributed by atoms with Gasteiger partial charge in [-0.25, -0.2) is 0 Å². The Morgan fingerprint density at radius 2 is 1.54 bits per heavy atom. The second-order valence-electron chi connectivity index (χ2n) is 13.9. The van der Waals surface area contributed by atoms with Crippen LogP contribution >= 0.6 is 0 Å². The fourth-order valence-corrected chi connectivity index (χ4v) is 9.54. The largest absolute Gasteiger partial charge is 0.446 e. The Balaban J connectivity index is 1.64. The number of allylic oxidation sites excluding steroid dienone is 2. The van der Waals surface area contributed by atoms with E-state index < -0.39 is 20.8 Å². The number of hydrogen-bond acceptors (Lipinski definition) is 6. The fourth-order valence-electron chi connectivity index (χ4n) is 8.80. The van der Waals surface area contributed by atoms with E-state index in [9.17, 15) is 25.9 Å². The van der Waals surface area contributed by atoms with E-state index in [4.69, 9.17) is 4.18 Å². The molecule has 3 fully saturated rings. The summed E-state index contributed by atoms with van der Waals surface area (Å²) in [6, 6.07) is 3.72. The lowest BCUT2D eigenvalue weighted by Gasteiger charge is -2.59. The van der Waals surface area contributed by atoms with Crippen LogP contribution in [0.5, 0.6) is 11.5 Å². The number of fused-ring (bicyclic) bond motifs is 1. The summed E-state index contributed by atoms with van der Waals surface area (Å²) >= 11 is 0. The van der Waals surface area contributed by atoms with Gasteiger partial charge < -0.3 is 8.37 Å². The molecule has 3 saturated carbocycles. The third-order valence-electron chi connectivity index (χ3n) is 10.8. The highest BCUT2D eigenvalue weighted by molar-refractivity contribution is 7.81. The minimum absolute atomic E-state index is 0.0355. The van der Waals surface area contributed by atoms with Crippen LogP contribution in [-0.2, 0) is 27.2 Å². The van der Waals surface area contributed by atoms with E-state index in [1.54, 1.807) is 0 Å². The molecule has 0 spiro atoms. The molecule has 0 radical (unpaired) electrons. The standard InChI is InChI=1S/C31H46O8S2/c1-21-9-7-15-29(3,4)25(21)14-18-30(5)16-8-17-31(6)26(22(2)10-13-28(30)31)20-23-19-24(38-40(32,33)34)11-12-27(23)39-41(35,36)37/h11-12,19,25-26,28H,1-2,7-10,13-18,20H2,3-6H3,(H,32,33,34)(H,35,36,37)/t25?,26-,28?,30+,31+/m0/s1. The summed E-state index contributed by atoms with van der Waals surface area (Å²) in [5.74, 6) is 0.595. The molecule has 2 unspecified atom stereocenters. The molecule has 3 aliphatic carbocycles. The monoisotopic (exact) mass is 610 g/mol. The SMILES string of the molecule is C=C1CCCC(C)(C)C1CC[C@@]1(C)CCC[C@@]2(C)C1CCC(=C)[C@@H]2Cc1cc(OS(=O)(=O)O)ccc1OS(=O)(=O)O. The molecule has 0 aromatic heterocycles. The predicted octanol–water partition coefficient (Wildman–Crippen LogP) is 7.53. The molecular weight excluding hydrogens is 564 g/mol. The maximum Gasteiger partial charge on any atom is 0.446 e. The Labute approximate surface area is 246 Å². The third-order valence-corrected chi connectivity index (χ3v) is 11.5. The maximum atomic E-state index is 11.6. The second kappa shape index (κ2) is 11.3. The van der Waals surface area contributed by atoms with E-state index in [0.717, 1.165) is 63.0 Å². The van der Waals surface area contributed by atoms with Gasteiger partial charge in [0.25, 0.3) is 0 Å². The van der Waals surface area contributed by atoms with E-state index in [0.29, 0.717) is 23.8 Å². The summed E-state index contributed by atoms with van der Waals surface area (Å²) in [4.78, 5) is 0. The van der Waals surface area contributed by atoms with Crippen LogP contribution in [0.4, 0.5) is 0 Å². The molecule has 1 aromatic rings. The Morgan fingerprint density at radius 1 is 0.878 bits per heavy atom. The minimum atomic E-state index is -4.83. The molecule has 0 saturated heterocycles. The van der Waals surface area contributed by atoms with Gasteiger partial charge in [-0.05, 0) is 116 Å². The molecule has 10 heteroatoms. The summed E-state index contributed by atoms with van der Waals surface area (Å²) in [5.41, 5.74) is 3.06. The van der Waals surface area contributed by atoms with E-state index in [1.807, 2.05) is 0 Å². The number of rotatable bonds is 9. The van der Waals surface area contributed by atoms with Gasteiger partial charge in [0.05, 0.1) is 0 Å². The van der Waals surface area contributed by atoms with E-state index >= 15 is 0 Å². The van der Waals surface area contributed by atoms with Gasteiger partial charge in [-0.3, -0.25) is 9.11 Å². The molecule has 2 N–H and O–H groups in total. The van der Waals surface area contributed by atoms with E-state index in [1.165, 1.54) is 30.5 Å². The summed E-state index contributed by atoms with van der Waals surface area (Å²) < 4.78 is 74.1. The van der Waals surface area contributed by atoms with Crippen LogP contribution in [0, 0.1) is 34.0 Å². The highest BCUT2D eigenvalue weighted by Crippen LogP contribution is 2.63. The number of hydrogen-bond donors (Lipinski definition) is 2. The van der Waals surface area contributed by atoms with Crippen LogP contribution in [0.15, 0.2) is 42.5 Å². The van der Waals surface area contributed by atoms with Gasteiger partial charge in [0.1, 0.15) is 11.5 Å².